The van der Waals surface area contributed by atoms with Crippen LogP contribution in [-0.2, 0) is 4.79 Å². The molecule has 1 aromatic carbocycles. The van der Waals surface area contributed by atoms with Crippen LogP contribution in [-0.4, -0.2) is 18.0 Å². The van der Waals surface area contributed by atoms with E-state index in [0.29, 0.717) is 22.7 Å². The number of nitrogens with two attached hydrogens (primary N) is 1. The van der Waals surface area contributed by atoms with Gasteiger partial charge in [0.25, 0.3) is 5.91 Å². The number of benzene rings is 1. The Morgan fingerprint density at radius 3 is 2.38 bits per heavy atom. The molecule has 4 aliphatic carbocycles. The fourth-order valence-electron chi connectivity index (χ4n) is 6.38. The first-order valence-electron chi connectivity index (χ1n) is 10.1. The van der Waals surface area contributed by atoms with Crippen molar-refractivity contribution in [2.75, 3.05) is 5.32 Å². The van der Waals surface area contributed by atoms with E-state index in [0.717, 1.165) is 17.8 Å². The molecular weight excluding hydrogens is 322 g/mol. The van der Waals surface area contributed by atoms with Gasteiger partial charge in [-0.2, -0.15) is 5.26 Å². The highest BCUT2D eigenvalue weighted by Crippen LogP contribution is 2.60. The largest absolute Gasteiger partial charge is 0.334 e. The number of carbonyl (C=O) groups excluding carboxylic acids is 1. The molecule has 0 aliphatic heterocycles. The van der Waals surface area contributed by atoms with Gasteiger partial charge in [0.2, 0.25) is 0 Å². The Bertz CT molecular complexity index is 700. The van der Waals surface area contributed by atoms with E-state index < -0.39 is 0 Å². The average Bonchev–Trinajstić information content (AvgIpc) is 2.60. The first-order valence-corrected chi connectivity index (χ1v) is 10.1. The zero-order chi connectivity index (χ0) is 18.3. The third-order valence-corrected chi connectivity index (χ3v) is 7.30. The lowest BCUT2D eigenvalue weighted by Crippen LogP contribution is -2.98. The summed E-state index contributed by atoms with van der Waals surface area (Å²) in [5.41, 5.74) is 1.72. The second-order valence-electron chi connectivity index (χ2n) is 9.23. The van der Waals surface area contributed by atoms with Crippen LogP contribution in [0.5, 0.6) is 0 Å². The van der Waals surface area contributed by atoms with E-state index >= 15 is 0 Å². The first kappa shape index (κ1) is 17.5. The minimum atomic E-state index is -0.122. The maximum Gasteiger partial charge on any atom is 0.282 e. The minimum Gasteiger partial charge on any atom is -0.334 e. The Labute approximate surface area is 156 Å². The van der Waals surface area contributed by atoms with Gasteiger partial charge in [-0.3, -0.25) is 4.79 Å². The van der Waals surface area contributed by atoms with Crippen LogP contribution >= 0.6 is 0 Å². The first-order chi connectivity index (χ1) is 12.5. The van der Waals surface area contributed by atoms with Crippen LogP contribution in [0, 0.1) is 34.5 Å². The van der Waals surface area contributed by atoms with Crippen LogP contribution in [0.2, 0.25) is 0 Å². The van der Waals surface area contributed by atoms with Crippen LogP contribution in [0.15, 0.2) is 24.3 Å². The van der Waals surface area contributed by atoms with Crippen LogP contribution in [0.3, 0.4) is 0 Å². The highest BCUT2D eigenvalue weighted by atomic mass is 16.2. The fourth-order valence-corrected chi connectivity index (χ4v) is 6.38. The predicted molar refractivity (Wildman–Crippen MR) is 101 cm³/mol. The Morgan fingerprint density at radius 2 is 1.81 bits per heavy atom. The zero-order valence-corrected chi connectivity index (χ0v) is 15.9. The van der Waals surface area contributed by atoms with Gasteiger partial charge in [0, 0.05) is 11.1 Å². The van der Waals surface area contributed by atoms with Crippen LogP contribution in [0.4, 0.5) is 5.69 Å². The van der Waals surface area contributed by atoms with Gasteiger partial charge in [-0.05, 0) is 88.3 Å². The maximum atomic E-state index is 12.6. The molecule has 1 amide bonds. The lowest BCUT2D eigenvalue weighted by Gasteiger charge is -2.58. The number of hydrogen-bond donors (Lipinski definition) is 2. The topological polar surface area (TPSA) is 69.5 Å². The van der Waals surface area contributed by atoms with Gasteiger partial charge in [-0.15, -0.1) is 0 Å². The highest BCUT2D eigenvalue weighted by Gasteiger charge is 2.54. The van der Waals surface area contributed by atoms with Gasteiger partial charge in [0.05, 0.1) is 17.7 Å². The van der Waals surface area contributed by atoms with E-state index in [1.807, 2.05) is 13.0 Å². The number of rotatable bonds is 5. The van der Waals surface area contributed by atoms with Gasteiger partial charge in [-0.25, -0.2) is 0 Å². The number of nitrogens with zero attached hydrogens (tertiary/aromatic N) is 1. The predicted octanol–water partition coefficient (Wildman–Crippen LogP) is 3.05. The van der Waals surface area contributed by atoms with Gasteiger partial charge in [0.15, 0.2) is 6.04 Å². The molecule has 0 spiro atoms. The number of anilines is 1. The molecule has 0 aromatic heterocycles. The van der Waals surface area contributed by atoms with Crippen molar-refractivity contribution in [3.05, 3.63) is 29.8 Å². The Balaban J connectivity index is 1.39. The molecule has 4 bridgehead atoms. The number of hydrogen-bond acceptors (Lipinski definition) is 2. The molecule has 0 radical (unpaired) electrons. The molecule has 4 aliphatic rings. The summed E-state index contributed by atoms with van der Waals surface area (Å²) in [4.78, 5) is 12.6. The van der Waals surface area contributed by atoms with Gasteiger partial charge in [0.1, 0.15) is 0 Å². The van der Waals surface area contributed by atoms with E-state index in [1.54, 1.807) is 18.2 Å². The molecule has 4 saturated carbocycles. The molecule has 5 rings (SSSR count). The molecule has 4 nitrogen and oxygen atoms in total. The van der Waals surface area contributed by atoms with E-state index in [4.69, 9.17) is 5.26 Å². The lowest BCUT2D eigenvalue weighted by molar-refractivity contribution is -0.718. The number of nitriles is 1. The number of amides is 1. The van der Waals surface area contributed by atoms with E-state index in [-0.39, 0.29) is 11.9 Å². The Morgan fingerprint density at radius 1 is 1.19 bits per heavy atom. The smallest absolute Gasteiger partial charge is 0.282 e. The summed E-state index contributed by atoms with van der Waals surface area (Å²) in [6.07, 6.45) is 8.48. The van der Waals surface area contributed by atoms with E-state index in [2.05, 4.69) is 23.6 Å². The van der Waals surface area contributed by atoms with Crippen LogP contribution in [0.1, 0.15) is 57.9 Å². The second-order valence-corrected chi connectivity index (χ2v) is 9.23. The highest BCUT2D eigenvalue weighted by molar-refractivity contribution is 5.93. The van der Waals surface area contributed by atoms with E-state index in [1.165, 1.54) is 38.5 Å². The summed E-state index contributed by atoms with van der Waals surface area (Å²) in [6, 6.07) is 9.61. The van der Waals surface area contributed by atoms with Gasteiger partial charge in [-0.1, -0.05) is 6.07 Å². The Hall–Kier alpha value is -1.86. The van der Waals surface area contributed by atoms with Crippen molar-refractivity contribution in [3.63, 3.8) is 0 Å². The van der Waals surface area contributed by atoms with Crippen molar-refractivity contribution in [3.8, 4) is 6.07 Å². The average molecular weight is 353 g/mol. The van der Waals surface area contributed by atoms with Crippen molar-refractivity contribution in [1.29, 1.82) is 5.26 Å². The molecular formula is C22H30N3O+. The number of quaternary nitrogens is 1. The van der Waals surface area contributed by atoms with Gasteiger partial charge < -0.3 is 10.6 Å². The summed E-state index contributed by atoms with van der Waals surface area (Å²) in [5.74, 6) is 2.84. The fraction of sp³-hybridized carbons (Fsp3) is 0.636. The summed E-state index contributed by atoms with van der Waals surface area (Å²) in [7, 11) is 0. The van der Waals surface area contributed by atoms with E-state index in [9.17, 15) is 4.79 Å². The zero-order valence-electron chi connectivity index (χ0n) is 15.9. The van der Waals surface area contributed by atoms with Gasteiger partial charge >= 0.3 is 0 Å². The molecule has 0 unspecified atom stereocenters. The number of carbonyl (C=O) groups is 1. The molecule has 138 valence electrons. The number of nitrogens with one attached hydrogen (secondary N) is 1. The van der Waals surface area contributed by atoms with Crippen molar-refractivity contribution < 1.29 is 10.1 Å². The molecule has 3 N–H and O–H groups in total. The van der Waals surface area contributed by atoms with Crippen molar-refractivity contribution in [2.45, 2.75) is 64.5 Å². The molecule has 2 atom stereocenters. The third-order valence-electron chi connectivity index (χ3n) is 7.30. The maximum absolute atomic E-state index is 12.6. The monoisotopic (exact) mass is 352 g/mol. The summed E-state index contributed by atoms with van der Waals surface area (Å²) >= 11 is 0. The Kier molecular flexibility index (Phi) is 4.52. The molecule has 1 aromatic rings. The summed E-state index contributed by atoms with van der Waals surface area (Å²) < 4.78 is 0. The molecule has 0 heterocycles. The molecule has 0 saturated heterocycles. The summed E-state index contributed by atoms with van der Waals surface area (Å²) in [5, 5.41) is 14.3. The summed E-state index contributed by atoms with van der Waals surface area (Å²) in [6.45, 7) is 4.34. The second kappa shape index (κ2) is 6.70. The van der Waals surface area contributed by atoms with Crippen molar-refractivity contribution >= 4 is 11.6 Å². The molecule has 26 heavy (non-hydrogen) atoms. The SMILES string of the molecule is C[C@H]([NH2+][C@H](C)C12CC3CC(CC(C3)C1)C2)C(=O)Nc1cccc(C#N)c1. The normalized spacial score (nSPS) is 34.1. The standard InChI is InChI=1S/C22H29N3O/c1-14(21(26)25-20-5-3-4-16(9-20)13-23)24-15(2)22-10-17-6-18(11-22)8-19(7-17)12-22/h3-5,9,14-15,17-19,24H,6-8,10-12H2,1-2H3,(H,25,26)/p+1/t14-,15+,17?,18?,19?,22?/m0/s1. The van der Waals surface area contributed by atoms with Crippen LogP contribution < -0.4 is 10.6 Å². The van der Waals surface area contributed by atoms with Crippen molar-refractivity contribution in [2.24, 2.45) is 23.2 Å². The quantitative estimate of drug-likeness (QED) is 0.855. The molecule has 4 heteroatoms. The lowest BCUT2D eigenvalue weighted by atomic mass is 9.48. The van der Waals surface area contributed by atoms with Crippen molar-refractivity contribution in [1.82, 2.24) is 0 Å². The minimum absolute atomic E-state index is 0.0247. The molecule has 4 fully saturated rings. The third kappa shape index (κ3) is 3.25. The van der Waals surface area contributed by atoms with Crippen LogP contribution in [0.25, 0.3) is 0 Å².